The summed E-state index contributed by atoms with van der Waals surface area (Å²) < 4.78 is 13.1. The zero-order valence-corrected chi connectivity index (χ0v) is 32.2. The summed E-state index contributed by atoms with van der Waals surface area (Å²) in [4.78, 5) is 2.51. The van der Waals surface area contributed by atoms with Gasteiger partial charge in [0.05, 0.1) is 6.04 Å². The van der Waals surface area contributed by atoms with Gasteiger partial charge in [-0.3, -0.25) is 0 Å². The number of hydrogen-bond donors (Lipinski definition) is 0. The van der Waals surface area contributed by atoms with Crippen LogP contribution in [0.3, 0.4) is 0 Å². The Kier molecular flexibility index (Phi) is 7.67. The summed E-state index contributed by atoms with van der Waals surface area (Å²) in [5.74, 6) is 0. The molecule has 0 N–H and O–H groups in total. The van der Waals surface area contributed by atoms with Crippen molar-refractivity contribution in [2.24, 2.45) is 0 Å². The summed E-state index contributed by atoms with van der Waals surface area (Å²) in [6, 6.07) is 67.4. The monoisotopic (exact) mass is 755 g/mol. The molecule has 11 aromatic rings. The summed E-state index contributed by atoms with van der Waals surface area (Å²) in [5, 5.41) is 9.35. The number of rotatable bonds is 6. The molecule has 3 nitrogen and oxygen atoms in total. The smallest absolute Gasteiger partial charge is 0.143 e. The van der Waals surface area contributed by atoms with Crippen LogP contribution >= 0.6 is 0 Å². The van der Waals surface area contributed by atoms with E-state index in [2.05, 4.69) is 199 Å². The minimum atomic E-state index is 0.0631. The van der Waals surface area contributed by atoms with Crippen LogP contribution in [0.2, 0.25) is 0 Å². The Bertz CT molecular complexity index is 3480. The molecule has 1 aliphatic carbocycles. The van der Waals surface area contributed by atoms with Gasteiger partial charge in [0.25, 0.3) is 0 Å². The zero-order valence-electron chi connectivity index (χ0n) is 32.2. The minimum absolute atomic E-state index is 0.0631. The Morgan fingerprint density at radius 3 is 1.93 bits per heavy atom. The Morgan fingerprint density at radius 1 is 0.424 bits per heavy atom. The number of para-hydroxylation sites is 3. The number of benzene rings is 9. The molecule has 0 aliphatic heterocycles. The summed E-state index contributed by atoms with van der Waals surface area (Å²) in [7, 11) is 0. The van der Waals surface area contributed by atoms with E-state index in [0.29, 0.717) is 0 Å². The molecule has 0 saturated carbocycles. The average Bonchev–Trinajstić information content (AvgIpc) is 3.88. The highest BCUT2D eigenvalue weighted by molar-refractivity contribution is 6.17. The molecule has 59 heavy (non-hydrogen) atoms. The van der Waals surface area contributed by atoms with Crippen LogP contribution in [0.5, 0.6) is 0 Å². The number of fused-ring (bicyclic) bond motifs is 9. The largest absolute Gasteiger partial charge is 0.456 e. The van der Waals surface area contributed by atoms with Gasteiger partial charge in [-0.1, -0.05) is 164 Å². The summed E-state index contributed by atoms with van der Waals surface area (Å²) in [5.41, 5.74) is 12.9. The first-order valence-corrected chi connectivity index (χ1v) is 20.3. The highest BCUT2D eigenvalue weighted by atomic mass is 16.3. The van der Waals surface area contributed by atoms with E-state index < -0.39 is 0 Å². The maximum Gasteiger partial charge on any atom is 0.143 e. The van der Waals surface area contributed by atoms with Gasteiger partial charge in [-0.05, 0) is 87.3 Å². The third kappa shape index (κ3) is 5.50. The van der Waals surface area contributed by atoms with Gasteiger partial charge >= 0.3 is 0 Å². The van der Waals surface area contributed by atoms with E-state index in [1.54, 1.807) is 0 Å². The van der Waals surface area contributed by atoms with Crippen LogP contribution in [0.15, 0.2) is 215 Å². The first kappa shape index (κ1) is 33.5. The van der Waals surface area contributed by atoms with Crippen molar-refractivity contribution in [3.63, 3.8) is 0 Å². The number of nitrogens with zero attached hydrogens (tertiary/aromatic N) is 1. The summed E-state index contributed by atoms with van der Waals surface area (Å²) in [6.07, 6.45) is 7.95. The molecule has 278 valence electrons. The SMILES string of the molecule is C1=CC(N(c2ccc(-c3ccc4oc5ccccc5c4c3)cc2)c2ccccc2-c2cccc3c2oc2c4ccccc4ccc32)CC=C1c1cccc2ccccc12. The average molecular weight is 756 g/mol. The van der Waals surface area contributed by atoms with E-state index in [4.69, 9.17) is 8.83 Å². The minimum Gasteiger partial charge on any atom is -0.456 e. The molecular weight excluding hydrogens is 719 g/mol. The Labute approximate surface area is 341 Å². The van der Waals surface area contributed by atoms with Crippen LogP contribution in [0.4, 0.5) is 11.4 Å². The third-order valence-electron chi connectivity index (χ3n) is 12.2. The van der Waals surface area contributed by atoms with Crippen LogP contribution in [0.25, 0.3) is 93.2 Å². The topological polar surface area (TPSA) is 29.5 Å². The predicted molar refractivity (Wildman–Crippen MR) is 247 cm³/mol. The predicted octanol–water partition coefficient (Wildman–Crippen LogP) is 15.7. The van der Waals surface area contributed by atoms with Gasteiger partial charge < -0.3 is 13.7 Å². The maximum absolute atomic E-state index is 6.90. The van der Waals surface area contributed by atoms with Crippen LogP contribution < -0.4 is 4.90 Å². The first-order valence-electron chi connectivity index (χ1n) is 20.3. The van der Waals surface area contributed by atoms with Crippen LogP contribution in [0.1, 0.15) is 12.0 Å². The Balaban J connectivity index is 0.990. The van der Waals surface area contributed by atoms with Crippen LogP contribution in [-0.2, 0) is 0 Å². The highest BCUT2D eigenvalue weighted by Crippen LogP contribution is 2.45. The Hall–Kier alpha value is -7.62. The molecule has 1 atom stereocenters. The van der Waals surface area contributed by atoms with Crippen molar-refractivity contribution in [3.8, 4) is 22.3 Å². The highest BCUT2D eigenvalue weighted by Gasteiger charge is 2.25. The standard InChI is InChI=1S/C56H37NO2/c1-3-14-43-37(11-1)13-9-18-44(43)39-25-31-42(32-26-39)57(41-29-23-36(24-30-41)40-28-34-54-51(35-40)47-17-6-8-22-53(47)58-54)52-21-7-5-16-46(52)48-19-10-20-49-50-33-27-38-12-2-4-15-45(38)55(50)59-56(48)49/h1-31,33-35,42H,32H2. The molecule has 12 rings (SSSR count). The fourth-order valence-corrected chi connectivity index (χ4v) is 9.36. The van der Waals surface area contributed by atoms with E-state index in [1.807, 2.05) is 12.1 Å². The normalized spacial score (nSPS) is 14.2. The lowest BCUT2D eigenvalue weighted by Gasteiger charge is -2.35. The van der Waals surface area contributed by atoms with E-state index in [9.17, 15) is 0 Å². The number of allylic oxidation sites excluding steroid dienone is 2. The van der Waals surface area contributed by atoms with Crippen molar-refractivity contribution < 1.29 is 8.83 Å². The van der Waals surface area contributed by atoms with Gasteiger partial charge in [-0.2, -0.15) is 0 Å². The summed E-state index contributed by atoms with van der Waals surface area (Å²) >= 11 is 0. The summed E-state index contributed by atoms with van der Waals surface area (Å²) in [6.45, 7) is 0. The second kappa shape index (κ2) is 13.5. The number of hydrogen-bond acceptors (Lipinski definition) is 3. The molecular formula is C56H37NO2. The second-order valence-corrected chi connectivity index (χ2v) is 15.5. The molecule has 0 saturated heterocycles. The van der Waals surface area contributed by atoms with Crippen LogP contribution in [0, 0.1) is 0 Å². The fourth-order valence-electron chi connectivity index (χ4n) is 9.36. The van der Waals surface area contributed by atoms with Gasteiger partial charge in [0.1, 0.15) is 22.3 Å². The van der Waals surface area contributed by atoms with Crippen molar-refractivity contribution in [1.82, 2.24) is 0 Å². The molecule has 9 aromatic carbocycles. The first-order chi connectivity index (χ1) is 29.2. The molecule has 2 heterocycles. The van der Waals surface area contributed by atoms with Crippen molar-refractivity contribution in [3.05, 3.63) is 212 Å². The lowest BCUT2D eigenvalue weighted by Crippen LogP contribution is -2.30. The molecule has 1 unspecified atom stereocenters. The molecule has 1 aliphatic rings. The van der Waals surface area contributed by atoms with Gasteiger partial charge in [0.15, 0.2) is 0 Å². The van der Waals surface area contributed by atoms with E-state index >= 15 is 0 Å². The molecule has 0 radical (unpaired) electrons. The molecule has 0 amide bonds. The van der Waals surface area contributed by atoms with Gasteiger partial charge in [-0.25, -0.2) is 0 Å². The van der Waals surface area contributed by atoms with E-state index in [0.717, 1.165) is 89.3 Å². The van der Waals surface area contributed by atoms with E-state index in [-0.39, 0.29) is 6.04 Å². The molecule has 0 fully saturated rings. The lowest BCUT2D eigenvalue weighted by molar-refractivity contribution is 0.669. The van der Waals surface area contributed by atoms with Crippen molar-refractivity contribution >= 4 is 82.4 Å². The second-order valence-electron chi connectivity index (χ2n) is 15.5. The van der Waals surface area contributed by atoms with Crippen LogP contribution in [-0.4, -0.2) is 6.04 Å². The van der Waals surface area contributed by atoms with Crippen molar-refractivity contribution in [1.29, 1.82) is 0 Å². The van der Waals surface area contributed by atoms with Crippen molar-refractivity contribution in [2.75, 3.05) is 4.90 Å². The van der Waals surface area contributed by atoms with Crippen molar-refractivity contribution in [2.45, 2.75) is 12.5 Å². The fraction of sp³-hybridized carbons (Fsp3) is 0.0357. The van der Waals surface area contributed by atoms with Gasteiger partial charge in [0, 0.05) is 49.4 Å². The Morgan fingerprint density at radius 2 is 1.07 bits per heavy atom. The van der Waals surface area contributed by atoms with E-state index in [1.165, 1.54) is 27.3 Å². The lowest BCUT2D eigenvalue weighted by atomic mass is 9.91. The number of anilines is 2. The molecule has 3 heteroatoms. The van der Waals surface area contributed by atoms with Gasteiger partial charge in [0.2, 0.25) is 0 Å². The maximum atomic E-state index is 6.90. The van der Waals surface area contributed by atoms with Gasteiger partial charge in [-0.15, -0.1) is 0 Å². The molecule has 0 bridgehead atoms. The quantitative estimate of drug-likeness (QED) is 0.169. The zero-order chi connectivity index (χ0) is 38.9. The number of furan rings is 2. The third-order valence-corrected chi connectivity index (χ3v) is 12.2. The molecule has 0 spiro atoms. The molecule has 2 aromatic heterocycles.